The van der Waals surface area contributed by atoms with Gasteiger partial charge in [0.15, 0.2) is 11.5 Å². The van der Waals surface area contributed by atoms with Crippen molar-refractivity contribution in [1.82, 2.24) is 15.8 Å². The van der Waals surface area contributed by atoms with E-state index in [1.807, 2.05) is 38.1 Å². The van der Waals surface area contributed by atoms with E-state index in [1.165, 1.54) is 11.8 Å². The third-order valence-corrected chi connectivity index (χ3v) is 5.53. The van der Waals surface area contributed by atoms with Crippen molar-refractivity contribution in [2.24, 2.45) is 0 Å². The summed E-state index contributed by atoms with van der Waals surface area (Å²) in [5.41, 5.74) is 8.07. The second kappa shape index (κ2) is 9.49. The molecule has 30 heavy (non-hydrogen) atoms. The molecule has 0 fully saturated rings. The second-order valence-electron chi connectivity index (χ2n) is 6.67. The number of nitrogens with one attached hydrogen (secondary N) is 2. The topological polar surface area (TPSA) is 89.6 Å². The summed E-state index contributed by atoms with van der Waals surface area (Å²) in [4.78, 5) is 28.9. The van der Waals surface area contributed by atoms with Crippen molar-refractivity contribution in [3.63, 3.8) is 0 Å². The third-order valence-electron chi connectivity index (χ3n) is 4.43. The maximum Gasteiger partial charge on any atom is 0.269 e. The maximum atomic E-state index is 12.2. The van der Waals surface area contributed by atoms with Crippen molar-refractivity contribution in [3.8, 4) is 11.5 Å². The number of ether oxygens (including phenoxy) is 2. The van der Waals surface area contributed by atoms with Gasteiger partial charge in [0, 0.05) is 17.0 Å². The van der Waals surface area contributed by atoms with Gasteiger partial charge in [0.05, 0.1) is 25.5 Å². The fraction of sp³-hybridized carbons (Fsp3) is 0.227. The molecule has 3 aromatic rings. The van der Waals surface area contributed by atoms with E-state index in [2.05, 4.69) is 15.8 Å². The van der Waals surface area contributed by atoms with Gasteiger partial charge in [-0.2, -0.15) is 0 Å². The predicted molar refractivity (Wildman–Crippen MR) is 117 cm³/mol. The number of pyridine rings is 1. The number of amides is 2. The van der Waals surface area contributed by atoms with Gasteiger partial charge in [-0.25, -0.2) is 4.98 Å². The number of benzene rings is 2. The average Bonchev–Trinajstić information content (AvgIpc) is 2.75. The van der Waals surface area contributed by atoms with Crippen molar-refractivity contribution in [2.45, 2.75) is 18.9 Å². The molecule has 3 rings (SSSR count). The molecule has 0 aliphatic carbocycles. The van der Waals surface area contributed by atoms with Crippen molar-refractivity contribution in [3.05, 3.63) is 59.2 Å². The largest absolute Gasteiger partial charge is 0.493 e. The van der Waals surface area contributed by atoms with Crippen LogP contribution in [0.2, 0.25) is 0 Å². The normalized spacial score (nSPS) is 10.5. The van der Waals surface area contributed by atoms with Crippen LogP contribution in [0, 0.1) is 13.8 Å². The Morgan fingerprint density at radius 2 is 1.63 bits per heavy atom. The number of rotatable bonds is 6. The van der Waals surface area contributed by atoms with Crippen molar-refractivity contribution >= 4 is 34.5 Å². The van der Waals surface area contributed by atoms with Crippen molar-refractivity contribution in [1.29, 1.82) is 0 Å². The molecule has 0 aliphatic rings. The fourth-order valence-corrected chi connectivity index (χ4v) is 3.60. The van der Waals surface area contributed by atoms with Crippen LogP contribution >= 0.6 is 11.8 Å². The number of fused-ring (bicyclic) bond motifs is 1. The van der Waals surface area contributed by atoms with E-state index in [0.717, 1.165) is 27.1 Å². The van der Waals surface area contributed by atoms with Crippen LogP contribution < -0.4 is 20.3 Å². The fourth-order valence-electron chi connectivity index (χ4n) is 2.81. The zero-order chi connectivity index (χ0) is 21.7. The highest BCUT2D eigenvalue weighted by atomic mass is 32.2. The lowest BCUT2D eigenvalue weighted by molar-refractivity contribution is -0.119. The summed E-state index contributed by atoms with van der Waals surface area (Å²) in [5.74, 6) is 0.647. The molecule has 2 aromatic carbocycles. The van der Waals surface area contributed by atoms with Gasteiger partial charge in [-0.15, -0.1) is 0 Å². The Kier molecular flexibility index (Phi) is 6.79. The molecule has 156 valence electrons. The molecule has 1 heterocycles. The van der Waals surface area contributed by atoms with E-state index in [4.69, 9.17) is 9.47 Å². The van der Waals surface area contributed by atoms with Crippen LogP contribution in [0.15, 0.2) is 47.5 Å². The van der Waals surface area contributed by atoms with Crippen LogP contribution in [0.4, 0.5) is 0 Å². The Balaban J connectivity index is 1.63. The zero-order valence-corrected chi connectivity index (χ0v) is 18.1. The first kappa shape index (κ1) is 21.4. The summed E-state index contributed by atoms with van der Waals surface area (Å²) in [6.07, 6.45) is 0. The number of carbonyl (C=O) groups is 2. The molecule has 0 radical (unpaired) electrons. The van der Waals surface area contributed by atoms with Gasteiger partial charge in [-0.3, -0.25) is 20.4 Å². The highest BCUT2D eigenvalue weighted by Crippen LogP contribution is 2.33. The lowest BCUT2D eigenvalue weighted by atomic mass is 10.1. The highest BCUT2D eigenvalue weighted by Gasteiger charge is 2.12. The van der Waals surface area contributed by atoms with E-state index in [9.17, 15) is 9.59 Å². The number of thioether (sulfide) groups is 1. The number of aromatic nitrogens is 1. The molecular weight excluding hydrogens is 402 g/mol. The van der Waals surface area contributed by atoms with Crippen LogP contribution in [0.1, 0.15) is 21.5 Å². The SMILES string of the molecule is COc1cc2cc(C)c(SCC(=O)NNC(=O)c3ccc(C)cc3)nc2cc1OC. The molecule has 2 amide bonds. The summed E-state index contributed by atoms with van der Waals surface area (Å²) in [5, 5.41) is 1.65. The Bertz CT molecular complexity index is 1080. The molecule has 0 aliphatic heterocycles. The number of carbonyl (C=O) groups excluding carboxylic acids is 2. The van der Waals surface area contributed by atoms with E-state index in [0.29, 0.717) is 17.1 Å². The molecule has 0 spiro atoms. The Morgan fingerprint density at radius 3 is 2.30 bits per heavy atom. The Labute approximate surface area is 179 Å². The average molecular weight is 426 g/mol. The van der Waals surface area contributed by atoms with Crippen LogP contribution in [-0.4, -0.2) is 36.8 Å². The minimum Gasteiger partial charge on any atom is -0.493 e. The molecular formula is C22H23N3O4S. The lowest BCUT2D eigenvalue weighted by Crippen LogP contribution is -2.42. The molecule has 1 aromatic heterocycles. The number of aryl methyl sites for hydroxylation is 2. The summed E-state index contributed by atoms with van der Waals surface area (Å²) in [6, 6.07) is 12.8. The maximum absolute atomic E-state index is 12.2. The highest BCUT2D eigenvalue weighted by molar-refractivity contribution is 7.99. The van der Waals surface area contributed by atoms with Gasteiger partial charge >= 0.3 is 0 Å². The molecule has 8 heteroatoms. The van der Waals surface area contributed by atoms with E-state index in [1.54, 1.807) is 32.4 Å². The van der Waals surface area contributed by atoms with Crippen molar-refractivity contribution < 1.29 is 19.1 Å². The van der Waals surface area contributed by atoms with E-state index in [-0.39, 0.29) is 17.6 Å². The predicted octanol–water partition coefficient (Wildman–Crippen LogP) is 3.42. The summed E-state index contributed by atoms with van der Waals surface area (Å²) < 4.78 is 10.7. The molecule has 0 unspecified atom stereocenters. The van der Waals surface area contributed by atoms with Gasteiger partial charge in [0.25, 0.3) is 5.91 Å². The van der Waals surface area contributed by atoms with Gasteiger partial charge < -0.3 is 9.47 Å². The number of hydrogen-bond acceptors (Lipinski definition) is 6. The summed E-state index contributed by atoms with van der Waals surface area (Å²) in [6.45, 7) is 3.87. The summed E-state index contributed by atoms with van der Waals surface area (Å²) in [7, 11) is 3.16. The number of methoxy groups -OCH3 is 2. The minimum atomic E-state index is -0.366. The molecule has 0 saturated carbocycles. The van der Waals surface area contributed by atoms with Crippen molar-refractivity contribution in [2.75, 3.05) is 20.0 Å². The molecule has 2 N–H and O–H groups in total. The third kappa shape index (κ3) is 5.01. The quantitative estimate of drug-likeness (QED) is 0.465. The molecule has 0 saturated heterocycles. The smallest absolute Gasteiger partial charge is 0.269 e. The van der Waals surface area contributed by atoms with E-state index < -0.39 is 0 Å². The zero-order valence-electron chi connectivity index (χ0n) is 17.2. The Morgan fingerprint density at radius 1 is 0.967 bits per heavy atom. The minimum absolute atomic E-state index is 0.112. The Hall–Kier alpha value is -3.26. The summed E-state index contributed by atoms with van der Waals surface area (Å²) >= 11 is 1.30. The molecule has 0 bridgehead atoms. The van der Waals surface area contributed by atoms with Gasteiger partial charge in [0.1, 0.15) is 5.03 Å². The van der Waals surface area contributed by atoms with Crippen LogP contribution in [-0.2, 0) is 4.79 Å². The first-order valence-corrected chi connectivity index (χ1v) is 10.2. The first-order valence-electron chi connectivity index (χ1n) is 9.23. The van der Waals surface area contributed by atoms with Crippen LogP contribution in [0.25, 0.3) is 10.9 Å². The molecule has 7 nitrogen and oxygen atoms in total. The number of hydrazine groups is 1. The second-order valence-corrected chi connectivity index (χ2v) is 7.63. The number of hydrogen-bond donors (Lipinski definition) is 2. The first-order chi connectivity index (χ1) is 14.4. The van der Waals surface area contributed by atoms with Gasteiger partial charge in [-0.1, -0.05) is 29.5 Å². The monoisotopic (exact) mass is 425 g/mol. The van der Waals surface area contributed by atoms with E-state index >= 15 is 0 Å². The molecule has 0 atom stereocenters. The number of nitrogens with zero attached hydrogens (tertiary/aromatic N) is 1. The van der Waals surface area contributed by atoms with Gasteiger partial charge in [-0.05, 0) is 43.7 Å². The lowest BCUT2D eigenvalue weighted by Gasteiger charge is -2.11. The standard InChI is InChI=1S/C22H23N3O4S/c1-13-5-7-15(8-6-13)21(27)25-24-20(26)12-30-22-14(2)9-16-10-18(28-3)19(29-4)11-17(16)23-22/h5-11H,12H2,1-4H3,(H,24,26)(H,25,27). The van der Waals surface area contributed by atoms with Crippen LogP contribution in [0.5, 0.6) is 11.5 Å². The van der Waals surface area contributed by atoms with Crippen LogP contribution in [0.3, 0.4) is 0 Å². The van der Waals surface area contributed by atoms with Gasteiger partial charge in [0.2, 0.25) is 5.91 Å².